The van der Waals surface area contributed by atoms with Gasteiger partial charge in [0.15, 0.2) is 0 Å². The van der Waals surface area contributed by atoms with E-state index in [9.17, 15) is 4.79 Å². The monoisotopic (exact) mass is 284 g/mol. The number of carbonyl (C=O) groups is 1. The van der Waals surface area contributed by atoms with Crippen molar-refractivity contribution in [2.24, 2.45) is 11.7 Å². The standard InChI is InChI=1S/C16H32N2O2/c1-5-20-15(19)16(4,17)10-6-7-11-18-12-8-9-14(18)13(2)3/h13-14H,5-12,17H2,1-4H3. The summed E-state index contributed by atoms with van der Waals surface area (Å²) < 4.78 is 5.01. The van der Waals surface area contributed by atoms with Gasteiger partial charge in [-0.15, -0.1) is 0 Å². The highest BCUT2D eigenvalue weighted by Gasteiger charge is 2.30. The first-order chi connectivity index (χ1) is 9.38. The molecule has 0 saturated carbocycles. The Bertz CT molecular complexity index is 303. The van der Waals surface area contributed by atoms with E-state index in [0.29, 0.717) is 13.0 Å². The quantitative estimate of drug-likeness (QED) is 0.550. The average molecular weight is 284 g/mol. The molecule has 0 aliphatic carbocycles. The van der Waals surface area contributed by atoms with E-state index in [-0.39, 0.29) is 5.97 Å². The molecule has 0 aromatic rings. The highest BCUT2D eigenvalue weighted by molar-refractivity contribution is 5.79. The number of hydrogen-bond donors (Lipinski definition) is 1. The van der Waals surface area contributed by atoms with Crippen molar-refractivity contribution in [1.29, 1.82) is 0 Å². The minimum atomic E-state index is -0.835. The maximum absolute atomic E-state index is 11.7. The molecule has 2 unspecified atom stereocenters. The molecule has 118 valence electrons. The van der Waals surface area contributed by atoms with Crippen molar-refractivity contribution in [3.05, 3.63) is 0 Å². The van der Waals surface area contributed by atoms with E-state index in [0.717, 1.165) is 31.3 Å². The lowest BCUT2D eigenvalue weighted by molar-refractivity contribution is -0.149. The molecular weight excluding hydrogens is 252 g/mol. The third kappa shape index (κ3) is 5.06. The van der Waals surface area contributed by atoms with E-state index in [1.54, 1.807) is 6.92 Å². The molecule has 0 amide bonds. The van der Waals surface area contributed by atoms with Crippen LogP contribution in [0, 0.1) is 5.92 Å². The Balaban J connectivity index is 2.26. The zero-order valence-corrected chi connectivity index (χ0v) is 13.7. The summed E-state index contributed by atoms with van der Waals surface area (Å²) in [6, 6.07) is 0.740. The number of nitrogens with two attached hydrogens (primary N) is 1. The number of hydrogen-bond acceptors (Lipinski definition) is 4. The summed E-state index contributed by atoms with van der Waals surface area (Å²) in [7, 11) is 0. The van der Waals surface area contributed by atoms with Crippen molar-refractivity contribution in [2.75, 3.05) is 19.7 Å². The molecule has 0 bridgehead atoms. The maximum Gasteiger partial charge on any atom is 0.325 e. The van der Waals surface area contributed by atoms with Crippen LogP contribution >= 0.6 is 0 Å². The number of esters is 1. The second-order valence-corrected chi connectivity index (χ2v) is 6.58. The summed E-state index contributed by atoms with van der Waals surface area (Å²) in [6.07, 6.45) is 5.43. The number of unbranched alkanes of at least 4 members (excludes halogenated alkanes) is 1. The van der Waals surface area contributed by atoms with Gasteiger partial charge in [-0.05, 0) is 65.0 Å². The average Bonchev–Trinajstić information content (AvgIpc) is 2.83. The molecular formula is C16H32N2O2. The Morgan fingerprint density at radius 3 is 2.75 bits per heavy atom. The summed E-state index contributed by atoms with van der Waals surface area (Å²) in [6.45, 7) is 10.9. The Labute approximate surface area is 124 Å². The fraction of sp³-hybridized carbons (Fsp3) is 0.938. The molecule has 0 aromatic heterocycles. The van der Waals surface area contributed by atoms with Gasteiger partial charge in [0, 0.05) is 6.04 Å². The van der Waals surface area contributed by atoms with Gasteiger partial charge in [-0.25, -0.2) is 0 Å². The molecule has 0 aromatic carbocycles. The molecule has 4 heteroatoms. The van der Waals surface area contributed by atoms with Crippen LogP contribution in [0.4, 0.5) is 0 Å². The molecule has 4 nitrogen and oxygen atoms in total. The topological polar surface area (TPSA) is 55.6 Å². The van der Waals surface area contributed by atoms with Gasteiger partial charge in [-0.1, -0.05) is 13.8 Å². The van der Waals surface area contributed by atoms with Gasteiger partial charge in [-0.2, -0.15) is 0 Å². The normalized spacial score (nSPS) is 23.0. The SMILES string of the molecule is CCOC(=O)C(C)(N)CCCCN1CCCC1C(C)C. The van der Waals surface area contributed by atoms with Crippen LogP contribution in [0.15, 0.2) is 0 Å². The molecule has 1 aliphatic rings. The van der Waals surface area contributed by atoms with Crippen molar-refractivity contribution in [3.8, 4) is 0 Å². The zero-order valence-electron chi connectivity index (χ0n) is 13.7. The molecule has 0 radical (unpaired) electrons. The first-order valence-corrected chi connectivity index (χ1v) is 8.08. The number of rotatable bonds is 8. The molecule has 1 aliphatic heterocycles. The van der Waals surface area contributed by atoms with E-state index < -0.39 is 5.54 Å². The minimum Gasteiger partial charge on any atom is -0.465 e. The first-order valence-electron chi connectivity index (χ1n) is 8.08. The van der Waals surface area contributed by atoms with E-state index in [1.807, 2.05) is 6.92 Å². The summed E-state index contributed by atoms with van der Waals surface area (Å²) >= 11 is 0. The maximum atomic E-state index is 11.7. The Hall–Kier alpha value is -0.610. The summed E-state index contributed by atoms with van der Waals surface area (Å²) in [5, 5.41) is 0. The highest BCUT2D eigenvalue weighted by atomic mass is 16.5. The lowest BCUT2D eigenvalue weighted by atomic mass is 9.96. The van der Waals surface area contributed by atoms with Gasteiger partial charge < -0.3 is 15.4 Å². The van der Waals surface area contributed by atoms with E-state index in [1.165, 1.54) is 19.4 Å². The van der Waals surface area contributed by atoms with Crippen LogP contribution in [-0.4, -0.2) is 42.1 Å². The third-order valence-electron chi connectivity index (χ3n) is 4.32. The van der Waals surface area contributed by atoms with Crippen molar-refractivity contribution in [1.82, 2.24) is 4.90 Å². The van der Waals surface area contributed by atoms with Crippen LogP contribution in [0.2, 0.25) is 0 Å². The van der Waals surface area contributed by atoms with Gasteiger partial charge in [0.1, 0.15) is 5.54 Å². The first kappa shape index (κ1) is 17.4. The fourth-order valence-corrected chi connectivity index (χ4v) is 3.09. The van der Waals surface area contributed by atoms with Crippen LogP contribution in [0.1, 0.15) is 59.8 Å². The van der Waals surface area contributed by atoms with Crippen LogP contribution in [0.3, 0.4) is 0 Å². The van der Waals surface area contributed by atoms with Crippen molar-refractivity contribution in [2.45, 2.75) is 71.4 Å². The second kappa shape index (κ2) is 7.99. The van der Waals surface area contributed by atoms with E-state index >= 15 is 0 Å². The third-order valence-corrected chi connectivity index (χ3v) is 4.32. The van der Waals surface area contributed by atoms with E-state index in [4.69, 9.17) is 10.5 Å². The summed E-state index contributed by atoms with van der Waals surface area (Å²) in [4.78, 5) is 14.3. The van der Waals surface area contributed by atoms with Crippen LogP contribution in [0.5, 0.6) is 0 Å². The second-order valence-electron chi connectivity index (χ2n) is 6.58. The lowest BCUT2D eigenvalue weighted by Crippen LogP contribution is -2.46. The predicted molar refractivity (Wildman–Crippen MR) is 82.5 cm³/mol. The van der Waals surface area contributed by atoms with Crippen molar-refractivity contribution in [3.63, 3.8) is 0 Å². The van der Waals surface area contributed by atoms with Gasteiger partial charge in [0.25, 0.3) is 0 Å². The van der Waals surface area contributed by atoms with Crippen LogP contribution in [-0.2, 0) is 9.53 Å². The Morgan fingerprint density at radius 1 is 1.45 bits per heavy atom. The fourth-order valence-electron chi connectivity index (χ4n) is 3.09. The molecule has 20 heavy (non-hydrogen) atoms. The highest BCUT2D eigenvalue weighted by Crippen LogP contribution is 2.24. The summed E-state index contributed by atoms with van der Waals surface area (Å²) in [5.41, 5.74) is 5.19. The van der Waals surface area contributed by atoms with Crippen molar-refractivity contribution < 1.29 is 9.53 Å². The number of carbonyl (C=O) groups excluding carboxylic acids is 1. The Morgan fingerprint density at radius 2 is 2.15 bits per heavy atom. The largest absolute Gasteiger partial charge is 0.465 e. The van der Waals surface area contributed by atoms with Crippen molar-refractivity contribution >= 4 is 5.97 Å². The van der Waals surface area contributed by atoms with E-state index in [2.05, 4.69) is 18.7 Å². The number of nitrogens with zero attached hydrogens (tertiary/aromatic N) is 1. The summed E-state index contributed by atoms with van der Waals surface area (Å²) in [5.74, 6) is 0.457. The molecule has 1 rings (SSSR count). The smallest absolute Gasteiger partial charge is 0.325 e. The van der Waals surface area contributed by atoms with Crippen LogP contribution < -0.4 is 5.73 Å². The number of ether oxygens (including phenoxy) is 1. The Kier molecular flexibility index (Phi) is 6.96. The molecule has 2 atom stereocenters. The molecule has 1 heterocycles. The van der Waals surface area contributed by atoms with Gasteiger partial charge in [-0.3, -0.25) is 4.79 Å². The minimum absolute atomic E-state index is 0.277. The zero-order chi connectivity index (χ0) is 15.2. The van der Waals surface area contributed by atoms with Gasteiger partial charge in [0.05, 0.1) is 6.61 Å². The van der Waals surface area contributed by atoms with Gasteiger partial charge >= 0.3 is 5.97 Å². The van der Waals surface area contributed by atoms with Crippen LogP contribution in [0.25, 0.3) is 0 Å². The number of likely N-dealkylation sites (tertiary alicyclic amines) is 1. The lowest BCUT2D eigenvalue weighted by Gasteiger charge is -2.28. The molecule has 0 spiro atoms. The molecule has 2 N–H and O–H groups in total. The molecule has 1 fully saturated rings. The van der Waals surface area contributed by atoms with Gasteiger partial charge in [0.2, 0.25) is 0 Å². The molecule has 1 saturated heterocycles. The predicted octanol–water partition coefficient (Wildman–Crippen LogP) is 2.56.